The molecule has 0 unspecified atom stereocenters. The van der Waals surface area contributed by atoms with Gasteiger partial charge in [0, 0.05) is 38.1 Å². The maximum Gasteiger partial charge on any atom is 0.323 e. The molecule has 0 atom stereocenters. The Kier molecular flexibility index (Phi) is 5.66. The number of carbonyl (C=O) groups excluding carboxylic acids is 1. The van der Waals surface area contributed by atoms with Crippen molar-refractivity contribution in [1.29, 1.82) is 0 Å². The lowest BCUT2D eigenvalue weighted by atomic mass is 10.3. The van der Waals surface area contributed by atoms with E-state index in [4.69, 9.17) is 4.74 Å². The molecule has 6 nitrogen and oxygen atoms in total. The van der Waals surface area contributed by atoms with Crippen molar-refractivity contribution >= 4 is 22.5 Å². The molecule has 1 aromatic heterocycles. The molecule has 2 heterocycles. The van der Waals surface area contributed by atoms with Gasteiger partial charge < -0.3 is 9.64 Å². The number of nitrogens with zero attached hydrogens (tertiary/aromatic N) is 3. The van der Waals surface area contributed by atoms with Crippen molar-refractivity contribution < 1.29 is 9.53 Å². The lowest BCUT2D eigenvalue weighted by Gasteiger charge is -2.34. The number of benzene rings is 1. The van der Waals surface area contributed by atoms with Crippen LogP contribution < -0.4 is 10.1 Å². The van der Waals surface area contributed by atoms with E-state index in [1.807, 2.05) is 47.5 Å². The van der Waals surface area contributed by atoms with Crippen LogP contribution in [0.15, 0.2) is 35.7 Å². The first kappa shape index (κ1) is 16.7. The number of hydrogen-bond donors (Lipinski definition) is 1. The molecular weight excluding hydrogens is 324 g/mol. The second kappa shape index (κ2) is 8.12. The number of para-hydroxylation sites is 1. The van der Waals surface area contributed by atoms with E-state index in [0.29, 0.717) is 11.7 Å². The third kappa shape index (κ3) is 4.69. The van der Waals surface area contributed by atoms with Gasteiger partial charge in [-0.1, -0.05) is 18.2 Å². The highest BCUT2D eigenvalue weighted by Crippen LogP contribution is 2.15. The zero-order valence-electron chi connectivity index (χ0n) is 13.8. The fourth-order valence-electron chi connectivity index (χ4n) is 2.57. The van der Waals surface area contributed by atoms with Crippen LogP contribution in [0.5, 0.6) is 5.75 Å². The van der Waals surface area contributed by atoms with Gasteiger partial charge in [-0.2, -0.15) is 0 Å². The molecule has 24 heavy (non-hydrogen) atoms. The van der Waals surface area contributed by atoms with Crippen molar-refractivity contribution in [3.05, 3.63) is 41.4 Å². The number of aryl methyl sites for hydroxylation is 1. The Hall–Kier alpha value is -2.12. The highest BCUT2D eigenvalue weighted by Gasteiger charge is 2.21. The molecule has 2 aromatic rings. The molecule has 0 bridgehead atoms. The number of aromatic nitrogens is 1. The summed E-state index contributed by atoms with van der Waals surface area (Å²) in [5, 5.41) is 5.46. The molecule has 1 fully saturated rings. The van der Waals surface area contributed by atoms with Gasteiger partial charge in [-0.15, -0.1) is 11.3 Å². The lowest BCUT2D eigenvalue weighted by Crippen LogP contribution is -2.50. The number of rotatable bonds is 5. The third-order valence-electron chi connectivity index (χ3n) is 3.91. The fraction of sp³-hybridized carbons (Fsp3) is 0.412. The van der Waals surface area contributed by atoms with Gasteiger partial charge in [-0.05, 0) is 19.1 Å². The highest BCUT2D eigenvalue weighted by atomic mass is 32.1. The van der Waals surface area contributed by atoms with Crippen LogP contribution in [0.2, 0.25) is 0 Å². The van der Waals surface area contributed by atoms with Gasteiger partial charge in [-0.25, -0.2) is 9.78 Å². The average Bonchev–Trinajstić information content (AvgIpc) is 3.01. The van der Waals surface area contributed by atoms with Gasteiger partial charge in [0.1, 0.15) is 12.4 Å². The molecular formula is C17H22N4O2S. The van der Waals surface area contributed by atoms with Gasteiger partial charge in [0.2, 0.25) is 0 Å². The molecule has 128 valence electrons. The van der Waals surface area contributed by atoms with Crippen LogP contribution in [0.3, 0.4) is 0 Å². The second-order valence-corrected chi connectivity index (χ2v) is 6.57. The number of ether oxygens (including phenoxy) is 1. The number of thiazole rings is 1. The maximum atomic E-state index is 12.2. The average molecular weight is 346 g/mol. The van der Waals surface area contributed by atoms with E-state index < -0.39 is 0 Å². The summed E-state index contributed by atoms with van der Waals surface area (Å²) in [4.78, 5) is 20.6. The van der Waals surface area contributed by atoms with Gasteiger partial charge in [0.25, 0.3) is 0 Å². The highest BCUT2D eigenvalue weighted by molar-refractivity contribution is 7.13. The first-order valence-electron chi connectivity index (χ1n) is 8.09. The number of nitrogens with one attached hydrogen (secondary N) is 1. The van der Waals surface area contributed by atoms with Gasteiger partial charge in [0.15, 0.2) is 5.13 Å². The first-order chi connectivity index (χ1) is 11.7. The summed E-state index contributed by atoms with van der Waals surface area (Å²) in [6.45, 7) is 6.63. The monoisotopic (exact) mass is 346 g/mol. The second-order valence-electron chi connectivity index (χ2n) is 5.71. The molecule has 0 aliphatic carbocycles. The number of hydrogen-bond acceptors (Lipinski definition) is 5. The van der Waals surface area contributed by atoms with Crippen molar-refractivity contribution in [2.45, 2.75) is 6.92 Å². The first-order valence-corrected chi connectivity index (χ1v) is 8.97. The van der Waals surface area contributed by atoms with E-state index >= 15 is 0 Å². The quantitative estimate of drug-likeness (QED) is 0.904. The Morgan fingerprint density at radius 2 is 2.00 bits per heavy atom. The normalized spacial score (nSPS) is 15.3. The Morgan fingerprint density at radius 3 is 2.67 bits per heavy atom. The van der Waals surface area contributed by atoms with Crippen LogP contribution >= 0.6 is 11.3 Å². The maximum absolute atomic E-state index is 12.2. The molecule has 0 saturated carbocycles. The SMILES string of the molecule is Cc1csc(NC(=O)N2CCN(CCOc3ccccc3)CC2)n1. The summed E-state index contributed by atoms with van der Waals surface area (Å²) in [5.74, 6) is 0.897. The smallest absolute Gasteiger partial charge is 0.323 e. The predicted molar refractivity (Wildman–Crippen MR) is 95.8 cm³/mol. The van der Waals surface area contributed by atoms with E-state index in [0.717, 1.165) is 44.2 Å². The number of urea groups is 1. The topological polar surface area (TPSA) is 57.7 Å². The van der Waals surface area contributed by atoms with Crippen LogP contribution in [0.25, 0.3) is 0 Å². The van der Waals surface area contributed by atoms with Crippen molar-refractivity contribution in [2.75, 3.05) is 44.6 Å². The number of amides is 2. The molecule has 1 aliphatic heterocycles. The molecule has 1 aliphatic rings. The zero-order chi connectivity index (χ0) is 16.8. The van der Waals surface area contributed by atoms with Gasteiger partial charge >= 0.3 is 6.03 Å². The Labute approximate surface area is 146 Å². The predicted octanol–water partition coefficient (Wildman–Crippen LogP) is 2.68. The van der Waals surface area contributed by atoms with Crippen molar-refractivity contribution in [2.24, 2.45) is 0 Å². The Morgan fingerprint density at radius 1 is 1.25 bits per heavy atom. The minimum atomic E-state index is -0.0652. The van der Waals surface area contributed by atoms with Crippen molar-refractivity contribution in [3.63, 3.8) is 0 Å². The van der Waals surface area contributed by atoms with E-state index in [9.17, 15) is 4.79 Å². The molecule has 1 saturated heterocycles. The third-order valence-corrected chi connectivity index (χ3v) is 4.79. The molecule has 1 aromatic carbocycles. The fourth-order valence-corrected chi connectivity index (χ4v) is 3.24. The van der Waals surface area contributed by atoms with Crippen LogP contribution in [0, 0.1) is 6.92 Å². The van der Waals surface area contributed by atoms with Crippen LogP contribution in [-0.2, 0) is 0 Å². The van der Waals surface area contributed by atoms with Gasteiger partial charge in [-0.3, -0.25) is 10.2 Å². The zero-order valence-corrected chi connectivity index (χ0v) is 14.6. The summed E-state index contributed by atoms with van der Waals surface area (Å²) in [5.41, 5.74) is 0.929. The summed E-state index contributed by atoms with van der Waals surface area (Å²) in [7, 11) is 0. The summed E-state index contributed by atoms with van der Waals surface area (Å²) in [6.07, 6.45) is 0. The summed E-state index contributed by atoms with van der Waals surface area (Å²) in [6, 6.07) is 9.77. The van der Waals surface area contributed by atoms with E-state index in [2.05, 4.69) is 15.2 Å². The van der Waals surface area contributed by atoms with Crippen LogP contribution in [-0.4, -0.2) is 60.1 Å². The summed E-state index contributed by atoms with van der Waals surface area (Å²) < 4.78 is 5.72. The minimum absolute atomic E-state index is 0.0652. The molecule has 2 amide bonds. The Balaban J connectivity index is 1.37. The minimum Gasteiger partial charge on any atom is -0.492 e. The van der Waals surface area contributed by atoms with Crippen LogP contribution in [0.1, 0.15) is 5.69 Å². The van der Waals surface area contributed by atoms with Crippen LogP contribution in [0.4, 0.5) is 9.93 Å². The van der Waals surface area contributed by atoms with E-state index in [1.165, 1.54) is 11.3 Å². The summed E-state index contributed by atoms with van der Waals surface area (Å²) >= 11 is 1.45. The molecule has 3 rings (SSSR count). The lowest BCUT2D eigenvalue weighted by molar-refractivity contribution is 0.132. The molecule has 0 radical (unpaired) electrons. The van der Waals surface area contributed by atoms with Gasteiger partial charge in [0.05, 0.1) is 5.69 Å². The van der Waals surface area contributed by atoms with E-state index in [1.54, 1.807) is 0 Å². The van der Waals surface area contributed by atoms with Crippen molar-refractivity contribution in [3.8, 4) is 5.75 Å². The standard InChI is InChI=1S/C17H22N4O2S/c1-14-13-24-16(18-14)19-17(22)21-9-7-20(8-10-21)11-12-23-15-5-3-2-4-6-15/h2-6,13H,7-12H2,1H3,(H,18,19,22). The molecule has 1 N–H and O–H groups in total. The molecule has 0 spiro atoms. The van der Waals surface area contributed by atoms with E-state index in [-0.39, 0.29) is 6.03 Å². The Bertz CT molecular complexity index is 654. The van der Waals surface area contributed by atoms with Crippen molar-refractivity contribution in [1.82, 2.24) is 14.8 Å². The number of piperazine rings is 1. The number of anilines is 1. The largest absolute Gasteiger partial charge is 0.492 e. The number of carbonyl (C=O) groups is 1. The molecule has 7 heteroatoms.